The quantitative estimate of drug-likeness (QED) is 0.789. The number of aromatic nitrogens is 2. The summed E-state index contributed by atoms with van der Waals surface area (Å²) in [5.41, 5.74) is 2.56. The minimum Gasteiger partial charge on any atom is -0.370 e. The highest BCUT2D eigenvalue weighted by Gasteiger charge is 2.07. The molecule has 0 amide bonds. The van der Waals surface area contributed by atoms with Gasteiger partial charge in [-0.05, 0) is 44.4 Å². The van der Waals surface area contributed by atoms with Crippen LogP contribution in [0.3, 0.4) is 0 Å². The van der Waals surface area contributed by atoms with Gasteiger partial charge in [-0.25, -0.2) is 9.97 Å². The first kappa shape index (κ1) is 15.8. The first-order valence-electron chi connectivity index (χ1n) is 7.49. The SMILES string of the molecule is CCCc1nc(NCC)cc(Sc2cc(C)ccc2C)n1. The van der Waals surface area contributed by atoms with Crippen LogP contribution in [0.25, 0.3) is 0 Å². The van der Waals surface area contributed by atoms with Crippen molar-refractivity contribution in [3.63, 3.8) is 0 Å². The summed E-state index contributed by atoms with van der Waals surface area (Å²) < 4.78 is 0. The van der Waals surface area contributed by atoms with E-state index in [4.69, 9.17) is 0 Å². The van der Waals surface area contributed by atoms with Crippen LogP contribution in [0.2, 0.25) is 0 Å². The molecule has 0 bridgehead atoms. The van der Waals surface area contributed by atoms with Crippen LogP contribution in [0.15, 0.2) is 34.2 Å². The molecule has 0 atom stereocenters. The standard InChI is InChI=1S/C17H23N3S/c1-5-7-15-19-16(18-6-2)11-17(20-15)21-14-10-12(3)8-9-13(14)4/h8-11H,5-7H2,1-4H3,(H,18,19,20). The molecule has 0 aliphatic rings. The molecule has 2 rings (SSSR count). The number of hydrogen-bond donors (Lipinski definition) is 1. The van der Waals surface area contributed by atoms with Crippen molar-refractivity contribution >= 4 is 17.6 Å². The summed E-state index contributed by atoms with van der Waals surface area (Å²) in [5.74, 6) is 1.84. The van der Waals surface area contributed by atoms with Gasteiger partial charge in [0.05, 0.1) is 0 Å². The third-order valence-electron chi connectivity index (χ3n) is 3.14. The highest BCUT2D eigenvalue weighted by atomic mass is 32.2. The Morgan fingerprint density at radius 1 is 1.10 bits per heavy atom. The molecule has 1 aromatic heterocycles. The number of anilines is 1. The number of rotatable bonds is 6. The molecule has 0 aliphatic heterocycles. The summed E-state index contributed by atoms with van der Waals surface area (Å²) in [6, 6.07) is 8.56. The van der Waals surface area contributed by atoms with Gasteiger partial charge in [-0.3, -0.25) is 0 Å². The third kappa shape index (κ3) is 4.46. The second-order valence-corrected chi connectivity index (χ2v) is 6.22. The van der Waals surface area contributed by atoms with Crippen molar-refractivity contribution < 1.29 is 0 Å². The molecular formula is C17H23N3S. The predicted octanol–water partition coefficient (Wildman–Crippen LogP) is 4.63. The van der Waals surface area contributed by atoms with Crippen LogP contribution in [-0.2, 0) is 6.42 Å². The summed E-state index contributed by atoms with van der Waals surface area (Å²) in [5, 5.41) is 4.31. The van der Waals surface area contributed by atoms with Crippen molar-refractivity contribution in [2.75, 3.05) is 11.9 Å². The molecule has 0 saturated carbocycles. The van der Waals surface area contributed by atoms with Crippen molar-refractivity contribution in [2.45, 2.75) is 50.5 Å². The average Bonchev–Trinajstić information content (AvgIpc) is 2.43. The van der Waals surface area contributed by atoms with E-state index in [1.807, 2.05) is 6.07 Å². The molecule has 2 aromatic rings. The van der Waals surface area contributed by atoms with E-state index >= 15 is 0 Å². The lowest BCUT2D eigenvalue weighted by molar-refractivity contribution is 0.810. The lowest BCUT2D eigenvalue weighted by Crippen LogP contribution is -2.04. The number of hydrogen-bond acceptors (Lipinski definition) is 4. The summed E-state index contributed by atoms with van der Waals surface area (Å²) in [6.45, 7) is 9.37. The number of nitrogens with one attached hydrogen (secondary N) is 1. The van der Waals surface area contributed by atoms with Crippen molar-refractivity contribution in [2.24, 2.45) is 0 Å². The molecule has 0 spiro atoms. The largest absolute Gasteiger partial charge is 0.370 e. The van der Waals surface area contributed by atoms with Gasteiger partial charge in [-0.15, -0.1) is 0 Å². The van der Waals surface area contributed by atoms with Gasteiger partial charge in [0.2, 0.25) is 0 Å². The molecule has 0 saturated heterocycles. The van der Waals surface area contributed by atoms with E-state index in [2.05, 4.69) is 61.2 Å². The van der Waals surface area contributed by atoms with Crippen LogP contribution < -0.4 is 5.32 Å². The lowest BCUT2D eigenvalue weighted by atomic mass is 10.2. The predicted molar refractivity (Wildman–Crippen MR) is 90.2 cm³/mol. The zero-order chi connectivity index (χ0) is 15.2. The molecular weight excluding hydrogens is 278 g/mol. The van der Waals surface area contributed by atoms with Gasteiger partial charge in [0.1, 0.15) is 16.7 Å². The summed E-state index contributed by atoms with van der Waals surface area (Å²) in [7, 11) is 0. The van der Waals surface area contributed by atoms with E-state index in [-0.39, 0.29) is 0 Å². The topological polar surface area (TPSA) is 37.8 Å². The normalized spacial score (nSPS) is 10.7. The smallest absolute Gasteiger partial charge is 0.132 e. The highest BCUT2D eigenvalue weighted by molar-refractivity contribution is 7.99. The van der Waals surface area contributed by atoms with E-state index in [9.17, 15) is 0 Å². The second kappa shape index (κ2) is 7.46. The Bertz CT molecular complexity index is 587. The fourth-order valence-electron chi connectivity index (χ4n) is 2.06. The molecule has 21 heavy (non-hydrogen) atoms. The molecule has 1 N–H and O–H groups in total. The van der Waals surface area contributed by atoms with Gasteiger partial charge in [-0.1, -0.05) is 30.8 Å². The lowest BCUT2D eigenvalue weighted by Gasteiger charge is -2.10. The van der Waals surface area contributed by atoms with Gasteiger partial charge < -0.3 is 5.32 Å². The average molecular weight is 301 g/mol. The zero-order valence-electron chi connectivity index (χ0n) is 13.2. The summed E-state index contributed by atoms with van der Waals surface area (Å²) >= 11 is 1.72. The van der Waals surface area contributed by atoms with Crippen LogP contribution in [0.5, 0.6) is 0 Å². The van der Waals surface area contributed by atoms with Crippen molar-refractivity contribution in [1.82, 2.24) is 9.97 Å². The molecule has 1 aromatic carbocycles. The maximum Gasteiger partial charge on any atom is 0.132 e. The zero-order valence-corrected chi connectivity index (χ0v) is 14.0. The first-order valence-corrected chi connectivity index (χ1v) is 8.31. The molecule has 3 nitrogen and oxygen atoms in total. The molecule has 0 fully saturated rings. The van der Waals surface area contributed by atoms with E-state index in [0.717, 1.165) is 36.1 Å². The molecule has 1 heterocycles. The summed E-state index contributed by atoms with van der Waals surface area (Å²) in [4.78, 5) is 10.5. The van der Waals surface area contributed by atoms with Gasteiger partial charge in [0.15, 0.2) is 0 Å². The molecule has 0 radical (unpaired) electrons. The second-order valence-electron chi connectivity index (χ2n) is 5.16. The van der Waals surface area contributed by atoms with Crippen LogP contribution in [0.1, 0.15) is 37.2 Å². The first-order chi connectivity index (χ1) is 10.1. The van der Waals surface area contributed by atoms with Crippen LogP contribution in [0, 0.1) is 13.8 Å². The van der Waals surface area contributed by atoms with E-state index in [1.54, 1.807) is 11.8 Å². The molecule has 0 unspecified atom stereocenters. The number of benzene rings is 1. The van der Waals surface area contributed by atoms with Crippen molar-refractivity contribution in [3.8, 4) is 0 Å². The fourth-order valence-corrected chi connectivity index (χ4v) is 3.08. The van der Waals surface area contributed by atoms with Crippen LogP contribution >= 0.6 is 11.8 Å². The Morgan fingerprint density at radius 3 is 2.62 bits per heavy atom. The molecule has 0 aliphatic carbocycles. The van der Waals surface area contributed by atoms with Gasteiger partial charge in [0.25, 0.3) is 0 Å². The van der Waals surface area contributed by atoms with Crippen molar-refractivity contribution in [1.29, 1.82) is 0 Å². The monoisotopic (exact) mass is 301 g/mol. The Balaban J connectivity index is 2.31. The Hall–Kier alpha value is -1.55. The van der Waals surface area contributed by atoms with Crippen molar-refractivity contribution in [3.05, 3.63) is 41.2 Å². The minimum atomic E-state index is 0.871. The maximum atomic E-state index is 4.68. The van der Waals surface area contributed by atoms with Gasteiger partial charge >= 0.3 is 0 Å². The molecule has 4 heteroatoms. The van der Waals surface area contributed by atoms with E-state index in [1.165, 1.54) is 16.0 Å². The Labute approximate surface area is 131 Å². The highest BCUT2D eigenvalue weighted by Crippen LogP contribution is 2.30. The van der Waals surface area contributed by atoms with Crippen LogP contribution in [-0.4, -0.2) is 16.5 Å². The number of nitrogens with zero attached hydrogens (tertiary/aromatic N) is 2. The van der Waals surface area contributed by atoms with E-state index < -0.39 is 0 Å². The minimum absolute atomic E-state index is 0.871. The van der Waals surface area contributed by atoms with Crippen LogP contribution in [0.4, 0.5) is 5.82 Å². The van der Waals surface area contributed by atoms with Gasteiger partial charge in [0, 0.05) is 23.9 Å². The maximum absolute atomic E-state index is 4.68. The molecule has 112 valence electrons. The fraction of sp³-hybridized carbons (Fsp3) is 0.412. The van der Waals surface area contributed by atoms with Gasteiger partial charge in [-0.2, -0.15) is 0 Å². The Kier molecular flexibility index (Phi) is 5.62. The summed E-state index contributed by atoms with van der Waals surface area (Å²) in [6.07, 6.45) is 1.97. The van der Waals surface area contributed by atoms with E-state index in [0.29, 0.717) is 0 Å². The Morgan fingerprint density at radius 2 is 1.90 bits per heavy atom. The third-order valence-corrected chi connectivity index (χ3v) is 4.22. The number of aryl methyl sites for hydroxylation is 3.